The fourth-order valence-electron chi connectivity index (χ4n) is 1.90. The van der Waals surface area contributed by atoms with Crippen molar-refractivity contribution in [2.45, 2.75) is 10.8 Å². The largest absolute Gasteiger partial charge is 0.243 e. The molecule has 0 N–H and O–H groups in total. The first kappa shape index (κ1) is 15.7. The molecule has 9 heteroatoms. The summed E-state index contributed by atoms with van der Waals surface area (Å²) >= 11 is 5.55. The highest BCUT2D eigenvalue weighted by Gasteiger charge is 2.31. The van der Waals surface area contributed by atoms with Crippen molar-refractivity contribution in [1.29, 1.82) is 0 Å². The molecule has 0 aromatic heterocycles. The van der Waals surface area contributed by atoms with E-state index in [-0.39, 0.29) is 40.9 Å². The smallest absolute Gasteiger partial charge is 0.229 e. The lowest BCUT2D eigenvalue weighted by Gasteiger charge is -2.26. The van der Waals surface area contributed by atoms with Gasteiger partial charge < -0.3 is 0 Å². The molecular weight excluding hydrogens is 329 g/mol. The van der Waals surface area contributed by atoms with Crippen molar-refractivity contribution in [3.05, 3.63) is 29.6 Å². The lowest BCUT2D eigenvalue weighted by atomic mass is 10.2. The van der Waals surface area contributed by atoms with Crippen LogP contribution in [0.5, 0.6) is 0 Å². The van der Waals surface area contributed by atoms with Crippen LogP contribution < -0.4 is 0 Å². The molecule has 0 aliphatic carbocycles. The van der Waals surface area contributed by atoms with Crippen LogP contribution in [0.2, 0.25) is 0 Å². The van der Waals surface area contributed by atoms with Gasteiger partial charge in [-0.05, 0) is 18.2 Å². The molecule has 1 saturated heterocycles. The van der Waals surface area contributed by atoms with Gasteiger partial charge in [-0.2, -0.15) is 4.31 Å². The van der Waals surface area contributed by atoms with Crippen LogP contribution in [0.15, 0.2) is 23.1 Å². The van der Waals surface area contributed by atoms with Crippen molar-refractivity contribution in [2.75, 3.05) is 24.6 Å². The Kier molecular flexibility index (Phi) is 4.38. The third kappa shape index (κ3) is 3.13. The number of hydrogen-bond donors (Lipinski definition) is 0. The molecule has 2 rings (SSSR count). The summed E-state index contributed by atoms with van der Waals surface area (Å²) in [6.45, 7) is -0.170. The standard InChI is InChI=1S/C11H13ClFNO4S2/c12-8-9-7-10(1-2-11(9)13)20(17,18)14-3-5-19(15,16)6-4-14/h1-2,7H,3-6,8H2. The maximum Gasteiger partial charge on any atom is 0.243 e. The number of sulfone groups is 1. The van der Waals surface area contributed by atoms with E-state index < -0.39 is 25.7 Å². The van der Waals surface area contributed by atoms with Gasteiger partial charge in [0.1, 0.15) is 5.82 Å². The maximum absolute atomic E-state index is 13.3. The van der Waals surface area contributed by atoms with Gasteiger partial charge in [-0.1, -0.05) is 0 Å². The fraction of sp³-hybridized carbons (Fsp3) is 0.455. The first-order valence-corrected chi connectivity index (χ1v) is 9.61. The van der Waals surface area contributed by atoms with Crippen molar-refractivity contribution in [3.8, 4) is 0 Å². The Morgan fingerprint density at radius 3 is 2.40 bits per heavy atom. The van der Waals surface area contributed by atoms with Crippen molar-refractivity contribution in [2.24, 2.45) is 0 Å². The lowest BCUT2D eigenvalue weighted by molar-refractivity contribution is 0.430. The molecule has 112 valence electrons. The van der Waals surface area contributed by atoms with Crippen LogP contribution in [0.3, 0.4) is 0 Å². The van der Waals surface area contributed by atoms with E-state index >= 15 is 0 Å². The van der Waals surface area contributed by atoms with Crippen molar-refractivity contribution in [1.82, 2.24) is 4.31 Å². The van der Waals surface area contributed by atoms with Gasteiger partial charge in [0.05, 0.1) is 22.3 Å². The quantitative estimate of drug-likeness (QED) is 0.768. The van der Waals surface area contributed by atoms with E-state index in [1.165, 1.54) is 6.07 Å². The third-order valence-electron chi connectivity index (χ3n) is 3.10. The average Bonchev–Trinajstić information content (AvgIpc) is 2.38. The summed E-state index contributed by atoms with van der Waals surface area (Å²) in [5.41, 5.74) is 0.0948. The summed E-state index contributed by atoms with van der Waals surface area (Å²) in [7, 11) is -6.98. The summed E-state index contributed by atoms with van der Waals surface area (Å²) < 4.78 is 61.7. The second-order valence-corrected chi connectivity index (χ2v) is 8.95. The molecule has 1 aliphatic heterocycles. The molecule has 0 bridgehead atoms. The zero-order valence-corrected chi connectivity index (χ0v) is 12.8. The topological polar surface area (TPSA) is 71.5 Å². The van der Waals surface area contributed by atoms with Crippen molar-refractivity contribution in [3.63, 3.8) is 0 Å². The van der Waals surface area contributed by atoms with Gasteiger partial charge >= 0.3 is 0 Å². The van der Waals surface area contributed by atoms with Crippen LogP contribution in [-0.2, 0) is 25.7 Å². The Morgan fingerprint density at radius 2 is 1.85 bits per heavy atom. The number of halogens is 2. The van der Waals surface area contributed by atoms with Crippen LogP contribution in [0.25, 0.3) is 0 Å². The minimum Gasteiger partial charge on any atom is -0.229 e. The molecule has 0 spiro atoms. The Labute approximate surface area is 122 Å². The predicted octanol–water partition coefficient (Wildman–Crippen LogP) is 0.984. The Bertz CT molecular complexity index is 704. The van der Waals surface area contributed by atoms with Crippen LogP contribution in [0.1, 0.15) is 5.56 Å². The molecule has 0 saturated carbocycles. The van der Waals surface area contributed by atoms with E-state index in [2.05, 4.69) is 0 Å². The van der Waals surface area contributed by atoms with Crippen molar-refractivity contribution < 1.29 is 21.2 Å². The summed E-state index contributed by atoms with van der Waals surface area (Å²) in [6, 6.07) is 3.38. The second kappa shape index (κ2) is 5.59. The Morgan fingerprint density at radius 1 is 1.25 bits per heavy atom. The lowest BCUT2D eigenvalue weighted by Crippen LogP contribution is -2.43. The van der Waals surface area contributed by atoms with E-state index in [1.807, 2.05) is 0 Å². The normalized spacial score (nSPS) is 19.9. The predicted molar refractivity (Wildman–Crippen MR) is 73.4 cm³/mol. The third-order valence-corrected chi connectivity index (χ3v) is 6.89. The molecule has 1 fully saturated rings. The summed E-state index contributed by atoms with van der Waals surface area (Å²) in [6.07, 6.45) is 0. The van der Waals surface area contributed by atoms with Gasteiger partial charge in [-0.3, -0.25) is 0 Å². The zero-order chi connectivity index (χ0) is 15.0. The number of alkyl halides is 1. The average molecular weight is 342 g/mol. The molecule has 1 aromatic rings. The highest BCUT2D eigenvalue weighted by Crippen LogP contribution is 2.21. The molecule has 20 heavy (non-hydrogen) atoms. The first-order chi connectivity index (χ1) is 9.26. The molecule has 5 nitrogen and oxygen atoms in total. The SMILES string of the molecule is O=S1(=O)CCN(S(=O)(=O)c2ccc(F)c(CCl)c2)CC1. The number of rotatable bonds is 3. The fourth-order valence-corrected chi connectivity index (χ4v) is 5.03. The molecule has 0 radical (unpaired) electrons. The minimum absolute atomic E-state index is 0.0751. The molecule has 0 atom stereocenters. The van der Waals surface area contributed by atoms with Crippen LogP contribution in [-0.4, -0.2) is 45.7 Å². The number of benzene rings is 1. The molecule has 1 aromatic carbocycles. The molecule has 1 heterocycles. The second-order valence-electron chi connectivity index (χ2n) is 4.44. The molecule has 1 aliphatic rings. The number of nitrogens with zero attached hydrogens (tertiary/aromatic N) is 1. The van der Waals surface area contributed by atoms with E-state index in [9.17, 15) is 21.2 Å². The molecule has 0 unspecified atom stereocenters. The number of hydrogen-bond acceptors (Lipinski definition) is 4. The first-order valence-electron chi connectivity index (χ1n) is 5.81. The van der Waals surface area contributed by atoms with Crippen LogP contribution >= 0.6 is 11.6 Å². The summed E-state index contributed by atoms with van der Waals surface area (Å²) in [5, 5.41) is 0. The van der Waals surface area contributed by atoms with Gasteiger partial charge in [0, 0.05) is 18.7 Å². The number of sulfonamides is 1. The minimum atomic E-state index is -3.82. The van der Waals surface area contributed by atoms with Gasteiger partial charge in [0.2, 0.25) is 10.0 Å². The van der Waals surface area contributed by atoms with E-state index in [4.69, 9.17) is 11.6 Å². The van der Waals surface area contributed by atoms with Gasteiger partial charge in [-0.15, -0.1) is 11.6 Å². The van der Waals surface area contributed by atoms with Gasteiger partial charge in [0.15, 0.2) is 9.84 Å². The van der Waals surface area contributed by atoms with Crippen LogP contribution in [0, 0.1) is 5.82 Å². The van der Waals surface area contributed by atoms with E-state index in [0.717, 1.165) is 16.4 Å². The molecular formula is C11H13ClFNO4S2. The van der Waals surface area contributed by atoms with E-state index in [0.29, 0.717) is 0 Å². The summed E-state index contributed by atoms with van der Waals surface area (Å²) in [4.78, 5) is -0.0751. The Balaban J connectivity index is 2.32. The summed E-state index contributed by atoms with van der Waals surface area (Å²) in [5.74, 6) is -1.10. The maximum atomic E-state index is 13.3. The monoisotopic (exact) mass is 341 g/mol. The highest BCUT2D eigenvalue weighted by molar-refractivity contribution is 7.92. The van der Waals surface area contributed by atoms with Crippen LogP contribution in [0.4, 0.5) is 4.39 Å². The van der Waals surface area contributed by atoms with E-state index in [1.54, 1.807) is 0 Å². The zero-order valence-electron chi connectivity index (χ0n) is 10.4. The van der Waals surface area contributed by atoms with Gasteiger partial charge in [-0.25, -0.2) is 21.2 Å². The Hall–Kier alpha value is -0.700. The van der Waals surface area contributed by atoms with Crippen molar-refractivity contribution >= 4 is 31.5 Å². The molecule has 0 amide bonds. The van der Waals surface area contributed by atoms with Gasteiger partial charge in [0.25, 0.3) is 0 Å². The highest BCUT2D eigenvalue weighted by atomic mass is 35.5.